The van der Waals surface area contributed by atoms with Crippen LogP contribution >= 0.6 is 0 Å². The monoisotopic (exact) mass is 302 g/mol. The topological polar surface area (TPSA) is 92.5 Å². The minimum Gasteiger partial charge on any atom is -0.349 e. The Morgan fingerprint density at radius 3 is 3.05 bits per heavy atom. The van der Waals surface area contributed by atoms with Gasteiger partial charge >= 0.3 is 0 Å². The van der Waals surface area contributed by atoms with E-state index in [-0.39, 0.29) is 17.6 Å². The Balaban J connectivity index is 1.54. The van der Waals surface area contributed by atoms with E-state index in [0.29, 0.717) is 25.3 Å². The van der Waals surface area contributed by atoms with E-state index in [1.165, 1.54) is 0 Å². The van der Waals surface area contributed by atoms with Crippen molar-refractivity contribution in [3.05, 3.63) is 23.8 Å². The first kappa shape index (κ1) is 14.4. The number of amides is 2. The third-order valence-electron chi connectivity index (χ3n) is 3.68. The van der Waals surface area contributed by atoms with Gasteiger partial charge < -0.3 is 10.2 Å². The lowest BCUT2D eigenvalue weighted by molar-refractivity contribution is -0.127. The van der Waals surface area contributed by atoms with Crippen LogP contribution in [0.15, 0.2) is 12.3 Å². The van der Waals surface area contributed by atoms with Crippen molar-refractivity contribution in [3.63, 3.8) is 0 Å². The molecule has 0 aromatic carbocycles. The van der Waals surface area contributed by atoms with E-state index in [1.54, 1.807) is 16.7 Å². The molecule has 1 aliphatic heterocycles. The summed E-state index contributed by atoms with van der Waals surface area (Å²) < 4.78 is 1.56. The van der Waals surface area contributed by atoms with Crippen molar-refractivity contribution in [1.29, 1.82) is 0 Å². The van der Waals surface area contributed by atoms with Gasteiger partial charge in [-0.15, -0.1) is 10.2 Å². The SMILES string of the molecule is Cc1ccn2c(C(=O)NCCCN3CCCC3=O)nnc2n1. The molecule has 1 N–H and O–H groups in total. The Labute approximate surface area is 127 Å². The van der Waals surface area contributed by atoms with E-state index in [9.17, 15) is 9.59 Å². The molecule has 1 fully saturated rings. The van der Waals surface area contributed by atoms with Crippen LogP contribution in [-0.2, 0) is 4.79 Å². The van der Waals surface area contributed by atoms with Crippen LogP contribution in [0.3, 0.4) is 0 Å². The van der Waals surface area contributed by atoms with Gasteiger partial charge in [0.2, 0.25) is 11.7 Å². The van der Waals surface area contributed by atoms with Gasteiger partial charge in [-0.05, 0) is 25.8 Å². The van der Waals surface area contributed by atoms with Crippen LogP contribution < -0.4 is 5.32 Å². The number of nitrogens with zero attached hydrogens (tertiary/aromatic N) is 5. The molecular formula is C14H18N6O2. The zero-order valence-corrected chi connectivity index (χ0v) is 12.4. The van der Waals surface area contributed by atoms with Crippen molar-refractivity contribution in [2.24, 2.45) is 0 Å². The van der Waals surface area contributed by atoms with E-state index >= 15 is 0 Å². The smallest absolute Gasteiger partial charge is 0.289 e. The first-order chi connectivity index (χ1) is 10.6. The summed E-state index contributed by atoms with van der Waals surface area (Å²) in [4.78, 5) is 29.6. The standard InChI is InChI=1S/C14H18N6O2/c1-10-5-9-20-12(17-18-14(20)16-10)13(22)15-6-3-8-19-7-2-4-11(19)21/h5,9H,2-4,6-8H2,1H3,(H,15,22). The lowest BCUT2D eigenvalue weighted by atomic mass is 10.3. The molecule has 3 heterocycles. The number of aryl methyl sites for hydroxylation is 1. The maximum atomic E-state index is 12.1. The molecule has 8 nitrogen and oxygen atoms in total. The number of aromatic nitrogens is 4. The Morgan fingerprint density at radius 2 is 2.27 bits per heavy atom. The molecule has 2 aromatic rings. The van der Waals surface area contributed by atoms with Crippen LogP contribution in [-0.4, -0.2) is 55.9 Å². The van der Waals surface area contributed by atoms with Crippen LogP contribution in [0.4, 0.5) is 0 Å². The predicted molar refractivity (Wildman–Crippen MR) is 78.3 cm³/mol. The first-order valence-corrected chi connectivity index (χ1v) is 7.39. The molecule has 0 unspecified atom stereocenters. The van der Waals surface area contributed by atoms with Crippen molar-refractivity contribution < 1.29 is 9.59 Å². The summed E-state index contributed by atoms with van der Waals surface area (Å²) in [6.07, 6.45) is 4.04. The fourth-order valence-electron chi connectivity index (χ4n) is 2.52. The fourth-order valence-corrected chi connectivity index (χ4v) is 2.52. The maximum Gasteiger partial charge on any atom is 0.289 e. The molecule has 2 aromatic heterocycles. The normalized spacial score (nSPS) is 14.8. The average molecular weight is 302 g/mol. The highest BCUT2D eigenvalue weighted by molar-refractivity contribution is 5.91. The van der Waals surface area contributed by atoms with Crippen molar-refractivity contribution in [1.82, 2.24) is 29.8 Å². The summed E-state index contributed by atoms with van der Waals surface area (Å²) in [5.41, 5.74) is 0.821. The molecule has 0 aliphatic carbocycles. The second kappa shape index (κ2) is 6.08. The highest BCUT2D eigenvalue weighted by Gasteiger charge is 2.19. The third kappa shape index (κ3) is 2.90. The van der Waals surface area contributed by atoms with E-state index in [0.717, 1.165) is 25.1 Å². The second-order valence-corrected chi connectivity index (χ2v) is 5.36. The number of carbonyl (C=O) groups excluding carboxylic acids is 2. The van der Waals surface area contributed by atoms with Gasteiger partial charge in [-0.2, -0.15) is 0 Å². The van der Waals surface area contributed by atoms with Gasteiger partial charge in [0.05, 0.1) is 0 Å². The van der Waals surface area contributed by atoms with Crippen LogP contribution in [0.2, 0.25) is 0 Å². The predicted octanol–water partition coefficient (Wildman–Crippen LogP) is 0.175. The number of likely N-dealkylation sites (tertiary alicyclic amines) is 1. The number of hydrogen-bond donors (Lipinski definition) is 1. The Hall–Kier alpha value is -2.51. The number of nitrogens with one attached hydrogen (secondary N) is 1. The quantitative estimate of drug-likeness (QED) is 0.795. The molecule has 1 aliphatic rings. The molecule has 2 amide bonds. The highest BCUT2D eigenvalue weighted by Crippen LogP contribution is 2.09. The van der Waals surface area contributed by atoms with Crippen molar-refractivity contribution in [2.75, 3.05) is 19.6 Å². The van der Waals surface area contributed by atoms with Crippen LogP contribution in [0, 0.1) is 6.92 Å². The van der Waals surface area contributed by atoms with Crippen molar-refractivity contribution in [3.8, 4) is 0 Å². The number of carbonyl (C=O) groups is 2. The molecular weight excluding hydrogens is 284 g/mol. The van der Waals surface area contributed by atoms with Gasteiger partial charge in [-0.1, -0.05) is 0 Å². The molecule has 22 heavy (non-hydrogen) atoms. The fraction of sp³-hybridized carbons (Fsp3) is 0.500. The summed E-state index contributed by atoms with van der Waals surface area (Å²) in [6.45, 7) is 3.86. The lowest BCUT2D eigenvalue weighted by Crippen LogP contribution is -2.31. The van der Waals surface area contributed by atoms with Crippen LogP contribution in [0.1, 0.15) is 35.6 Å². The summed E-state index contributed by atoms with van der Waals surface area (Å²) in [5, 5.41) is 10.6. The highest BCUT2D eigenvalue weighted by atomic mass is 16.2. The molecule has 3 rings (SSSR count). The van der Waals surface area contributed by atoms with Gasteiger partial charge in [-0.25, -0.2) is 4.98 Å². The summed E-state index contributed by atoms with van der Waals surface area (Å²) in [6, 6.07) is 1.80. The largest absolute Gasteiger partial charge is 0.349 e. The summed E-state index contributed by atoms with van der Waals surface area (Å²) >= 11 is 0. The van der Waals surface area contributed by atoms with E-state index in [1.807, 2.05) is 11.8 Å². The van der Waals surface area contributed by atoms with Gasteiger partial charge in [0.25, 0.3) is 11.7 Å². The van der Waals surface area contributed by atoms with E-state index in [2.05, 4.69) is 20.5 Å². The Bertz CT molecular complexity index is 710. The van der Waals surface area contributed by atoms with Gasteiger partial charge in [0.1, 0.15) is 0 Å². The van der Waals surface area contributed by atoms with Crippen LogP contribution in [0.5, 0.6) is 0 Å². The van der Waals surface area contributed by atoms with Gasteiger partial charge in [0.15, 0.2) is 0 Å². The number of fused-ring (bicyclic) bond motifs is 1. The molecule has 0 atom stereocenters. The van der Waals surface area contributed by atoms with Crippen molar-refractivity contribution in [2.45, 2.75) is 26.2 Å². The van der Waals surface area contributed by atoms with Gasteiger partial charge in [0, 0.05) is 37.9 Å². The van der Waals surface area contributed by atoms with Crippen LogP contribution in [0.25, 0.3) is 5.78 Å². The zero-order valence-electron chi connectivity index (χ0n) is 12.4. The average Bonchev–Trinajstić information content (AvgIpc) is 3.09. The molecule has 0 saturated carbocycles. The molecule has 116 valence electrons. The third-order valence-corrected chi connectivity index (χ3v) is 3.68. The minimum absolute atomic E-state index is 0.205. The Kier molecular flexibility index (Phi) is 3.99. The van der Waals surface area contributed by atoms with E-state index < -0.39 is 0 Å². The zero-order chi connectivity index (χ0) is 15.5. The molecule has 1 saturated heterocycles. The van der Waals surface area contributed by atoms with E-state index in [4.69, 9.17) is 0 Å². The molecule has 0 bridgehead atoms. The number of hydrogen-bond acceptors (Lipinski definition) is 5. The summed E-state index contributed by atoms with van der Waals surface area (Å²) in [5.74, 6) is 0.551. The first-order valence-electron chi connectivity index (χ1n) is 7.39. The molecule has 0 spiro atoms. The van der Waals surface area contributed by atoms with Gasteiger partial charge in [-0.3, -0.25) is 14.0 Å². The second-order valence-electron chi connectivity index (χ2n) is 5.36. The molecule has 0 radical (unpaired) electrons. The summed E-state index contributed by atoms with van der Waals surface area (Å²) in [7, 11) is 0. The lowest BCUT2D eigenvalue weighted by Gasteiger charge is -2.15. The number of rotatable bonds is 5. The maximum absolute atomic E-state index is 12.1. The Morgan fingerprint density at radius 1 is 1.41 bits per heavy atom. The van der Waals surface area contributed by atoms with Crippen molar-refractivity contribution >= 4 is 17.6 Å². The minimum atomic E-state index is -0.286. The molecule has 8 heteroatoms.